The van der Waals surface area contributed by atoms with Crippen molar-refractivity contribution in [2.75, 3.05) is 14.1 Å². The molecule has 0 fully saturated rings. The van der Waals surface area contributed by atoms with Crippen molar-refractivity contribution in [3.63, 3.8) is 0 Å². The Kier molecular flexibility index (Phi) is 4.68. The summed E-state index contributed by atoms with van der Waals surface area (Å²) in [6.07, 6.45) is 0. The lowest BCUT2D eigenvalue weighted by molar-refractivity contribution is 0.399. The molecule has 1 aromatic carbocycles. The van der Waals surface area contributed by atoms with E-state index in [9.17, 15) is 0 Å². The van der Waals surface area contributed by atoms with Gasteiger partial charge in [-0.15, -0.1) is 11.3 Å². The van der Waals surface area contributed by atoms with Gasteiger partial charge in [0.05, 0.1) is 8.00 Å². The number of rotatable bonds is 4. The van der Waals surface area contributed by atoms with E-state index in [-0.39, 0.29) is 0 Å². The molecular weight excluding hydrogens is 314 g/mol. The first kappa shape index (κ1) is 13.1. The number of hydrogen-bond donors (Lipinski definition) is 0. The molecule has 0 amide bonds. The Morgan fingerprint density at radius 1 is 1.18 bits per heavy atom. The summed E-state index contributed by atoms with van der Waals surface area (Å²) in [4.78, 5) is 3.54. The van der Waals surface area contributed by atoms with Crippen LogP contribution in [0.2, 0.25) is 0 Å². The maximum absolute atomic E-state index is 3.50. The third kappa shape index (κ3) is 3.85. The predicted octanol–water partition coefficient (Wildman–Crippen LogP) is 4.72. The monoisotopic (exact) mass is 327 g/mol. The zero-order valence-corrected chi connectivity index (χ0v) is 13.0. The normalized spacial score (nSPS) is 11.1. The zero-order valence-electron chi connectivity index (χ0n) is 9.81. The van der Waals surface area contributed by atoms with E-state index < -0.39 is 0 Å². The van der Waals surface area contributed by atoms with Crippen LogP contribution in [0, 0.1) is 0 Å². The predicted molar refractivity (Wildman–Crippen MR) is 80.0 cm³/mol. The lowest BCUT2D eigenvalue weighted by Crippen LogP contribution is -2.11. The van der Waals surface area contributed by atoms with E-state index >= 15 is 0 Å². The first-order valence-corrected chi connectivity index (χ1v) is 7.73. The smallest absolute Gasteiger partial charge is 0.0710 e. The molecule has 0 N–H and O–H groups in total. The highest BCUT2D eigenvalue weighted by Crippen LogP contribution is 2.37. The Bertz CT molecular complexity index is 494. The van der Waals surface area contributed by atoms with Gasteiger partial charge in [-0.1, -0.05) is 30.0 Å². The van der Waals surface area contributed by atoms with Gasteiger partial charge in [0.2, 0.25) is 0 Å². The first-order valence-electron chi connectivity index (χ1n) is 5.31. The number of halogens is 1. The van der Waals surface area contributed by atoms with Gasteiger partial charge in [-0.25, -0.2) is 0 Å². The molecule has 0 unspecified atom stereocenters. The number of hydrogen-bond acceptors (Lipinski definition) is 3. The highest BCUT2D eigenvalue weighted by Gasteiger charge is 2.06. The quantitative estimate of drug-likeness (QED) is 0.799. The standard InChI is InChI=1S/C13H14BrNS2/c1-15(2)9-10-5-3-4-6-11(10)16-13-8-7-12(14)17-13/h3-8H,9H2,1-2H3. The molecule has 0 aliphatic heterocycles. The average molecular weight is 328 g/mol. The summed E-state index contributed by atoms with van der Waals surface area (Å²) in [6.45, 7) is 0.982. The fourth-order valence-corrected chi connectivity index (χ4v) is 4.45. The third-order valence-electron chi connectivity index (χ3n) is 2.22. The van der Waals surface area contributed by atoms with Crippen molar-refractivity contribution in [1.29, 1.82) is 0 Å². The van der Waals surface area contributed by atoms with E-state index in [2.05, 4.69) is 71.3 Å². The molecule has 1 aromatic heterocycles. The second-order valence-corrected chi connectivity index (χ2v) is 7.81. The van der Waals surface area contributed by atoms with Crippen LogP contribution in [0.4, 0.5) is 0 Å². The summed E-state index contributed by atoms with van der Waals surface area (Å²) in [5, 5.41) is 0. The second kappa shape index (κ2) is 6.05. The van der Waals surface area contributed by atoms with E-state index in [1.165, 1.54) is 18.5 Å². The summed E-state index contributed by atoms with van der Waals surface area (Å²) < 4.78 is 2.51. The zero-order chi connectivity index (χ0) is 12.3. The number of nitrogens with zero attached hydrogens (tertiary/aromatic N) is 1. The minimum atomic E-state index is 0.982. The lowest BCUT2D eigenvalue weighted by Gasteiger charge is -2.13. The van der Waals surface area contributed by atoms with E-state index in [0.29, 0.717) is 0 Å². The van der Waals surface area contributed by atoms with Gasteiger partial charge in [-0.3, -0.25) is 0 Å². The van der Waals surface area contributed by atoms with Crippen LogP contribution in [-0.4, -0.2) is 19.0 Å². The fourth-order valence-electron chi connectivity index (χ4n) is 1.54. The summed E-state index contributed by atoms with van der Waals surface area (Å²) in [5.74, 6) is 0. The molecule has 2 aromatic rings. The summed E-state index contributed by atoms with van der Waals surface area (Å²) >= 11 is 7.12. The van der Waals surface area contributed by atoms with Gasteiger partial charge in [-0.05, 0) is 53.8 Å². The summed E-state index contributed by atoms with van der Waals surface area (Å²) in [6, 6.07) is 12.9. The average Bonchev–Trinajstić information content (AvgIpc) is 2.66. The van der Waals surface area contributed by atoms with Crippen LogP contribution in [0.3, 0.4) is 0 Å². The van der Waals surface area contributed by atoms with Crippen molar-refractivity contribution in [1.82, 2.24) is 4.90 Å². The Morgan fingerprint density at radius 2 is 1.94 bits per heavy atom. The molecular formula is C13H14BrNS2. The molecule has 90 valence electrons. The van der Waals surface area contributed by atoms with Crippen LogP contribution in [0.5, 0.6) is 0 Å². The van der Waals surface area contributed by atoms with Gasteiger partial charge < -0.3 is 4.90 Å². The van der Waals surface area contributed by atoms with Crippen LogP contribution in [0.25, 0.3) is 0 Å². The molecule has 0 saturated heterocycles. The molecule has 0 aliphatic rings. The van der Waals surface area contributed by atoms with Gasteiger partial charge in [0.15, 0.2) is 0 Å². The van der Waals surface area contributed by atoms with E-state index in [1.807, 2.05) is 11.8 Å². The molecule has 1 heterocycles. The molecule has 0 bridgehead atoms. The number of thiophene rings is 1. The Balaban J connectivity index is 2.20. The Morgan fingerprint density at radius 3 is 2.59 bits per heavy atom. The van der Waals surface area contributed by atoms with E-state index in [0.717, 1.165) is 6.54 Å². The first-order chi connectivity index (χ1) is 8.15. The third-order valence-corrected chi connectivity index (χ3v) is 5.09. The molecule has 0 spiro atoms. The fraction of sp³-hybridized carbons (Fsp3) is 0.231. The summed E-state index contributed by atoms with van der Waals surface area (Å²) in [7, 11) is 4.20. The van der Waals surface area contributed by atoms with Crippen LogP contribution in [0.15, 0.2) is 49.3 Å². The lowest BCUT2D eigenvalue weighted by atomic mass is 10.2. The van der Waals surface area contributed by atoms with Gasteiger partial charge >= 0.3 is 0 Å². The van der Waals surface area contributed by atoms with Crippen LogP contribution in [-0.2, 0) is 6.54 Å². The molecule has 1 nitrogen and oxygen atoms in total. The molecule has 4 heteroatoms. The van der Waals surface area contributed by atoms with E-state index in [4.69, 9.17) is 0 Å². The molecule has 0 atom stereocenters. The minimum absolute atomic E-state index is 0.982. The van der Waals surface area contributed by atoms with Crippen molar-refractivity contribution in [3.8, 4) is 0 Å². The van der Waals surface area contributed by atoms with E-state index in [1.54, 1.807) is 11.3 Å². The molecule has 0 saturated carbocycles. The van der Waals surface area contributed by atoms with Crippen molar-refractivity contribution >= 4 is 39.0 Å². The molecule has 17 heavy (non-hydrogen) atoms. The SMILES string of the molecule is CN(C)Cc1ccccc1Sc1ccc(Br)s1. The van der Waals surface area contributed by atoms with Crippen LogP contribution in [0.1, 0.15) is 5.56 Å². The van der Waals surface area contributed by atoms with Crippen LogP contribution >= 0.6 is 39.0 Å². The van der Waals surface area contributed by atoms with Crippen molar-refractivity contribution in [3.05, 3.63) is 45.7 Å². The maximum atomic E-state index is 3.50. The van der Waals surface area contributed by atoms with Crippen molar-refractivity contribution in [2.45, 2.75) is 15.6 Å². The van der Waals surface area contributed by atoms with Gasteiger partial charge in [-0.2, -0.15) is 0 Å². The highest BCUT2D eigenvalue weighted by atomic mass is 79.9. The maximum Gasteiger partial charge on any atom is 0.0710 e. The van der Waals surface area contributed by atoms with Gasteiger partial charge in [0.1, 0.15) is 0 Å². The minimum Gasteiger partial charge on any atom is -0.305 e. The Hall–Kier alpha value is -0.290. The summed E-state index contributed by atoms with van der Waals surface area (Å²) in [5.41, 5.74) is 1.38. The van der Waals surface area contributed by atoms with Crippen molar-refractivity contribution < 1.29 is 0 Å². The van der Waals surface area contributed by atoms with Crippen LogP contribution < -0.4 is 0 Å². The van der Waals surface area contributed by atoms with Gasteiger partial charge in [0.25, 0.3) is 0 Å². The second-order valence-electron chi connectivity index (χ2n) is 4.01. The Labute approximate surface area is 119 Å². The molecule has 0 aliphatic carbocycles. The topological polar surface area (TPSA) is 3.24 Å². The number of benzene rings is 1. The molecule has 2 rings (SSSR count). The largest absolute Gasteiger partial charge is 0.305 e. The van der Waals surface area contributed by atoms with Crippen molar-refractivity contribution in [2.24, 2.45) is 0 Å². The molecule has 0 radical (unpaired) electrons. The van der Waals surface area contributed by atoms with Gasteiger partial charge in [0, 0.05) is 11.4 Å². The highest BCUT2D eigenvalue weighted by molar-refractivity contribution is 9.11.